The zero-order chi connectivity index (χ0) is 14.0. The summed E-state index contributed by atoms with van der Waals surface area (Å²) in [6, 6.07) is 7.60. The first-order valence-corrected chi connectivity index (χ1v) is 5.51. The molecule has 2 rings (SSSR count). The Kier molecular flexibility index (Phi) is 3.44. The smallest absolute Gasteiger partial charge is 0.326 e. The third-order valence-corrected chi connectivity index (χ3v) is 2.72. The normalized spacial score (nSPS) is 11.6. The largest absolute Gasteiger partial charge is 0.416 e. The van der Waals surface area contributed by atoms with Gasteiger partial charge in [0, 0.05) is 24.0 Å². The van der Waals surface area contributed by atoms with Crippen LogP contribution in [0.3, 0.4) is 0 Å². The van der Waals surface area contributed by atoms with E-state index in [0.717, 1.165) is 12.1 Å². The lowest BCUT2D eigenvalue weighted by molar-refractivity contribution is -0.137. The lowest BCUT2D eigenvalue weighted by Gasteiger charge is -2.10. The number of hydrogen-bond donors (Lipinski definition) is 1. The van der Waals surface area contributed by atoms with Crippen LogP contribution in [0.25, 0.3) is 5.69 Å². The van der Waals surface area contributed by atoms with E-state index in [9.17, 15) is 18.0 Å². The van der Waals surface area contributed by atoms with Crippen LogP contribution in [0.4, 0.5) is 13.2 Å². The second-order valence-corrected chi connectivity index (χ2v) is 3.96. The lowest BCUT2D eigenvalue weighted by atomic mass is 10.2. The molecule has 0 bridgehead atoms. The molecule has 1 heterocycles. The van der Waals surface area contributed by atoms with Crippen molar-refractivity contribution in [3.8, 4) is 5.69 Å². The first-order valence-electron chi connectivity index (χ1n) is 5.51. The Morgan fingerprint density at radius 3 is 2.26 bits per heavy atom. The third-order valence-electron chi connectivity index (χ3n) is 2.72. The quantitative estimate of drug-likeness (QED) is 0.908. The Hall–Kier alpha value is -2.08. The molecule has 0 saturated carbocycles. The van der Waals surface area contributed by atoms with Crippen molar-refractivity contribution < 1.29 is 13.2 Å². The van der Waals surface area contributed by atoms with Crippen molar-refractivity contribution in [2.45, 2.75) is 12.7 Å². The van der Waals surface area contributed by atoms with Crippen molar-refractivity contribution in [2.24, 2.45) is 5.73 Å². The monoisotopic (exact) mass is 268 g/mol. The summed E-state index contributed by atoms with van der Waals surface area (Å²) in [5, 5.41) is 0. The van der Waals surface area contributed by atoms with Gasteiger partial charge in [-0.15, -0.1) is 0 Å². The molecular weight excluding hydrogens is 257 g/mol. The predicted octanol–water partition coefficient (Wildman–Crippen LogP) is 2.32. The summed E-state index contributed by atoms with van der Waals surface area (Å²) in [4.78, 5) is 11.9. The molecule has 0 spiro atoms. The minimum absolute atomic E-state index is 0.0836. The molecule has 0 amide bonds. The van der Waals surface area contributed by atoms with Crippen molar-refractivity contribution in [3.05, 3.63) is 64.1 Å². The van der Waals surface area contributed by atoms with Crippen molar-refractivity contribution in [2.75, 3.05) is 0 Å². The molecule has 0 radical (unpaired) electrons. The summed E-state index contributed by atoms with van der Waals surface area (Å²) in [5.41, 5.74) is 5.11. The van der Waals surface area contributed by atoms with Crippen LogP contribution in [0.1, 0.15) is 11.1 Å². The fraction of sp³-hybridized carbons (Fsp3) is 0.154. The summed E-state index contributed by atoms with van der Waals surface area (Å²) < 4.78 is 38.6. The van der Waals surface area contributed by atoms with Gasteiger partial charge in [0.1, 0.15) is 0 Å². The van der Waals surface area contributed by atoms with Gasteiger partial charge in [-0.05, 0) is 30.3 Å². The summed E-state index contributed by atoms with van der Waals surface area (Å²) in [6.07, 6.45) is -2.90. The molecule has 100 valence electrons. The number of hydrogen-bond acceptors (Lipinski definition) is 2. The molecule has 0 aliphatic heterocycles. The number of nitrogens with two attached hydrogens (primary N) is 1. The molecular formula is C13H11F3N2O. The zero-order valence-corrected chi connectivity index (χ0v) is 9.82. The zero-order valence-electron chi connectivity index (χ0n) is 9.82. The maximum absolute atomic E-state index is 12.4. The average molecular weight is 268 g/mol. The highest BCUT2D eigenvalue weighted by Gasteiger charge is 2.30. The van der Waals surface area contributed by atoms with Gasteiger partial charge in [0.15, 0.2) is 0 Å². The maximum Gasteiger partial charge on any atom is 0.416 e. The van der Waals surface area contributed by atoms with Gasteiger partial charge in [0.05, 0.1) is 5.56 Å². The second kappa shape index (κ2) is 4.89. The SMILES string of the molecule is NCc1cccn(-c2ccc(C(F)(F)F)cc2)c1=O. The van der Waals surface area contributed by atoms with Gasteiger partial charge in [-0.3, -0.25) is 9.36 Å². The Morgan fingerprint density at radius 2 is 1.74 bits per heavy atom. The van der Waals surface area contributed by atoms with E-state index in [0.29, 0.717) is 11.3 Å². The molecule has 0 atom stereocenters. The van der Waals surface area contributed by atoms with E-state index in [1.807, 2.05) is 0 Å². The molecule has 0 aliphatic carbocycles. The average Bonchev–Trinajstić information content (AvgIpc) is 2.38. The Labute approximate surface area is 107 Å². The van der Waals surface area contributed by atoms with E-state index in [1.165, 1.54) is 22.9 Å². The lowest BCUT2D eigenvalue weighted by Crippen LogP contribution is -2.23. The number of halogens is 3. The van der Waals surface area contributed by atoms with Crippen molar-refractivity contribution in [3.63, 3.8) is 0 Å². The van der Waals surface area contributed by atoms with E-state index in [1.54, 1.807) is 12.1 Å². The third kappa shape index (κ3) is 2.68. The van der Waals surface area contributed by atoms with E-state index >= 15 is 0 Å². The Balaban J connectivity index is 2.46. The minimum Gasteiger partial charge on any atom is -0.326 e. The van der Waals surface area contributed by atoms with E-state index in [2.05, 4.69) is 0 Å². The second-order valence-electron chi connectivity index (χ2n) is 3.96. The molecule has 0 aliphatic rings. The van der Waals surface area contributed by atoms with Gasteiger partial charge in [-0.25, -0.2) is 0 Å². The molecule has 2 aromatic rings. The topological polar surface area (TPSA) is 48.0 Å². The number of benzene rings is 1. The number of alkyl halides is 3. The van der Waals surface area contributed by atoms with Crippen molar-refractivity contribution >= 4 is 0 Å². The minimum atomic E-state index is -4.39. The maximum atomic E-state index is 12.4. The van der Waals surface area contributed by atoms with Crippen LogP contribution < -0.4 is 11.3 Å². The number of aromatic nitrogens is 1. The van der Waals surface area contributed by atoms with Crippen LogP contribution in [-0.2, 0) is 12.7 Å². The molecule has 1 aromatic heterocycles. The first-order chi connectivity index (χ1) is 8.93. The van der Waals surface area contributed by atoms with E-state index < -0.39 is 11.7 Å². The molecule has 6 heteroatoms. The van der Waals surface area contributed by atoms with Gasteiger partial charge in [0.25, 0.3) is 5.56 Å². The molecule has 19 heavy (non-hydrogen) atoms. The highest BCUT2D eigenvalue weighted by molar-refractivity contribution is 5.36. The van der Waals surface area contributed by atoms with Crippen LogP contribution >= 0.6 is 0 Å². The molecule has 1 aromatic carbocycles. The molecule has 0 saturated heterocycles. The summed E-state index contributed by atoms with van der Waals surface area (Å²) in [5.74, 6) is 0. The van der Waals surface area contributed by atoms with Crippen LogP contribution in [0, 0.1) is 0 Å². The van der Waals surface area contributed by atoms with E-state index in [-0.39, 0.29) is 12.1 Å². The first kappa shape index (κ1) is 13.4. The molecule has 0 fully saturated rings. The highest BCUT2D eigenvalue weighted by Crippen LogP contribution is 2.29. The summed E-state index contributed by atoms with van der Waals surface area (Å²) in [7, 11) is 0. The number of pyridine rings is 1. The van der Waals surface area contributed by atoms with Crippen molar-refractivity contribution in [1.29, 1.82) is 0 Å². The van der Waals surface area contributed by atoms with Crippen molar-refractivity contribution in [1.82, 2.24) is 4.57 Å². The Morgan fingerprint density at radius 1 is 1.11 bits per heavy atom. The fourth-order valence-corrected chi connectivity index (χ4v) is 1.71. The van der Waals surface area contributed by atoms with Gasteiger partial charge >= 0.3 is 6.18 Å². The number of nitrogens with zero attached hydrogens (tertiary/aromatic N) is 1. The van der Waals surface area contributed by atoms with Gasteiger partial charge in [0.2, 0.25) is 0 Å². The number of rotatable bonds is 2. The van der Waals surface area contributed by atoms with Gasteiger partial charge in [-0.1, -0.05) is 6.07 Å². The standard InChI is InChI=1S/C13H11F3N2O/c14-13(15,16)10-3-5-11(6-4-10)18-7-1-2-9(8-17)12(18)19/h1-7H,8,17H2. The molecule has 0 unspecified atom stereocenters. The fourth-order valence-electron chi connectivity index (χ4n) is 1.71. The van der Waals surface area contributed by atoms with Gasteiger partial charge < -0.3 is 5.73 Å². The summed E-state index contributed by atoms with van der Waals surface area (Å²) in [6.45, 7) is 0.0836. The highest BCUT2D eigenvalue weighted by atomic mass is 19.4. The van der Waals surface area contributed by atoms with Crippen LogP contribution in [0.5, 0.6) is 0 Å². The molecule has 3 nitrogen and oxygen atoms in total. The Bertz CT molecular complexity index is 630. The molecule has 2 N–H and O–H groups in total. The predicted molar refractivity (Wildman–Crippen MR) is 64.9 cm³/mol. The van der Waals surface area contributed by atoms with Crippen LogP contribution in [0.2, 0.25) is 0 Å². The van der Waals surface area contributed by atoms with Gasteiger partial charge in [-0.2, -0.15) is 13.2 Å². The van der Waals surface area contributed by atoms with Crippen LogP contribution in [0.15, 0.2) is 47.4 Å². The van der Waals surface area contributed by atoms with Crippen LogP contribution in [-0.4, -0.2) is 4.57 Å². The van der Waals surface area contributed by atoms with E-state index in [4.69, 9.17) is 5.73 Å². The summed E-state index contributed by atoms with van der Waals surface area (Å²) >= 11 is 0.